The standard InChI is InChI=1S/C4H6N3O2/c5-3(8)7-2-1-6-4(7)9/h5H,1-2H2,(H,6,9). The highest BCUT2D eigenvalue weighted by molar-refractivity contribution is 5.93. The summed E-state index contributed by atoms with van der Waals surface area (Å²) < 4.78 is 0. The Hall–Kier alpha value is -1.26. The number of imide groups is 1. The fourth-order valence-electron chi connectivity index (χ4n) is 0.665. The second-order valence-electron chi connectivity index (χ2n) is 1.69. The van der Waals surface area contributed by atoms with Crippen molar-refractivity contribution in [2.45, 2.75) is 0 Å². The molecule has 9 heavy (non-hydrogen) atoms. The van der Waals surface area contributed by atoms with Crippen LogP contribution in [0.1, 0.15) is 0 Å². The van der Waals surface area contributed by atoms with Gasteiger partial charge >= 0.3 is 12.1 Å². The van der Waals surface area contributed by atoms with Gasteiger partial charge in [-0.2, -0.15) is 0 Å². The number of nitrogens with one attached hydrogen (secondary N) is 2. The van der Waals surface area contributed by atoms with Gasteiger partial charge in [0, 0.05) is 13.1 Å². The monoisotopic (exact) mass is 128 g/mol. The Labute approximate surface area is 51.8 Å². The summed E-state index contributed by atoms with van der Waals surface area (Å²) in [4.78, 5) is 21.5. The first kappa shape index (κ1) is 5.87. The van der Waals surface area contributed by atoms with E-state index in [1.165, 1.54) is 0 Å². The van der Waals surface area contributed by atoms with Crippen molar-refractivity contribution in [3.05, 3.63) is 0 Å². The number of urea groups is 2. The van der Waals surface area contributed by atoms with Gasteiger partial charge in [0.05, 0.1) is 0 Å². The lowest BCUT2D eigenvalue weighted by molar-refractivity contribution is 0.204. The van der Waals surface area contributed by atoms with Crippen LogP contribution in [0.25, 0.3) is 0 Å². The highest BCUT2D eigenvalue weighted by Gasteiger charge is 2.23. The van der Waals surface area contributed by atoms with Gasteiger partial charge in [0.2, 0.25) is 0 Å². The molecule has 1 heterocycles. The number of hydrogen-bond acceptors (Lipinski definition) is 2. The molecule has 1 fully saturated rings. The van der Waals surface area contributed by atoms with Crippen molar-refractivity contribution in [1.82, 2.24) is 16.0 Å². The molecule has 0 spiro atoms. The predicted molar refractivity (Wildman–Crippen MR) is 28.6 cm³/mol. The van der Waals surface area contributed by atoms with Crippen LogP contribution < -0.4 is 11.1 Å². The van der Waals surface area contributed by atoms with Gasteiger partial charge in [-0.25, -0.2) is 20.2 Å². The molecule has 0 aromatic carbocycles. The van der Waals surface area contributed by atoms with Crippen LogP contribution in [0.2, 0.25) is 0 Å². The summed E-state index contributed by atoms with van der Waals surface area (Å²) in [5, 5.41) is 2.40. The Morgan fingerprint density at radius 1 is 1.78 bits per heavy atom. The minimum Gasteiger partial charge on any atom is -0.336 e. The minimum atomic E-state index is -0.940. The van der Waals surface area contributed by atoms with Crippen LogP contribution in [0.4, 0.5) is 9.59 Å². The van der Waals surface area contributed by atoms with E-state index >= 15 is 0 Å². The molecule has 0 aliphatic carbocycles. The minimum absolute atomic E-state index is 0.321. The Bertz CT molecular complexity index is 156. The van der Waals surface area contributed by atoms with Crippen LogP contribution in [0.15, 0.2) is 0 Å². The normalized spacial score (nSPS) is 17.8. The molecule has 0 atom stereocenters. The fraction of sp³-hybridized carbons (Fsp3) is 0.500. The van der Waals surface area contributed by atoms with Crippen LogP contribution in [0.5, 0.6) is 0 Å². The summed E-state index contributed by atoms with van der Waals surface area (Å²) in [7, 11) is 0. The summed E-state index contributed by atoms with van der Waals surface area (Å²) in [5.41, 5.74) is 6.53. The van der Waals surface area contributed by atoms with Crippen LogP contribution >= 0.6 is 0 Å². The zero-order valence-corrected chi connectivity index (χ0v) is 4.68. The van der Waals surface area contributed by atoms with Gasteiger partial charge in [0.15, 0.2) is 0 Å². The van der Waals surface area contributed by atoms with Gasteiger partial charge in [-0.3, -0.25) is 0 Å². The van der Waals surface area contributed by atoms with E-state index in [2.05, 4.69) is 5.32 Å². The van der Waals surface area contributed by atoms with Crippen molar-refractivity contribution >= 4 is 12.1 Å². The molecule has 5 heteroatoms. The van der Waals surface area contributed by atoms with Gasteiger partial charge in [-0.05, 0) is 0 Å². The van der Waals surface area contributed by atoms with E-state index in [0.717, 1.165) is 4.90 Å². The maximum Gasteiger partial charge on any atom is 0.344 e. The summed E-state index contributed by atoms with van der Waals surface area (Å²) >= 11 is 0. The van der Waals surface area contributed by atoms with Crippen LogP contribution in [0.3, 0.4) is 0 Å². The molecule has 1 rings (SSSR count). The van der Waals surface area contributed by atoms with E-state index in [1.807, 2.05) is 0 Å². The Kier molecular flexibility index (Phi) is 1.26. The largest absolute Gasteiger partial charge is 0.344 e. The van der Waals surface area contributed by atoms with Crippen molar-refractivity contribution < 1.29 is 9.59 Å². The van der Waals surface area contributed by atoms with E-state index in [0.29, 0.717) is 13.1 Å². The van der Waals surface area contributed by atoms with Crippen molar-refractivity contribution in [1.29, 1.82) is 0 Å². The molecule has 5 nitrogen and oxygen atoms in total. The maximum absolute atomic E-state index is 10.5. The third kappa shape index (κ3) is 0.933. The first-order valence-corrected chi connectivity index (χ1v) is 2.53. The lowest BCUT2D eigenvalue weighted by atomic mass is 10.6. The first-order chi connectivity index (χ1) is 4.22. The number of carbonyl (C=O) groups is 2. The average molecular weight is 128 g/mol. The molecule has 0 unspecified atom stereocenters. The molecule has 49 valence electrons. The summed E-state index contributed by atoms with van der Waals surface area (Å²) in [6, 6.07) is -1.40. The van der Waals surface area contributed by atoms with Gasteiger partial charge in [0.1, 0.15) is 0 Å². The quantitative estimate of drug-likeness (QED) is 0.473. The molecule has 1 radical (unpaired) electrons. The lowest BCUT2D eigenvalue weighted by Crippen LogP contribution is -2.33. The molecular formula is C4H6N3O2. The van der Waals surface area contributed by atoms with Gasteiger partial charge in [0.25, 0.3) is 0 Å². The van der Waals surface area contributed by atoms with Crippen LogP contribution in [-0.2, 0) is 0 Å². The second-order valence-corrected chi connectivity index (χ2v) is 1.69. The molecule has 0 aromatic heterocycles. The Morgan fingerprint density at radius 3 is 2.67 bits per heavy atom. The van der Waals surface area contributed by atoms with E-state index in [1.54, 1.807) is 0 Å². The first-order valence-electron chi connectivity index (χ1n) is 2.53. The molecule has 1 aliphatic heterocycles. The molecule has 0 bridgehead atoms. The summed E-state index contributed by atoms with van der Waals surface area (Å²) in [6.45, 7) is 0.782. The van der Waals surface area contributed by atoms with E-state index < -0.39 is 12.1 Å². The summed E-state index contributed by atoms with van der Waals surface area (Å²) in [5.74, 6) is 0. The zero-order valence-electron chi connectivity index (χ0n) is 4.68. The topological polar surface area (TPSA) is 73.2 Å². The van der Waals surface area contributed by atoms with E-state index in [-0.39, 0.29) is 0 Å². The Morgan fingerprint density at radius 2 is 2.44 bits per heavy atom. The van der Waals surface area contributed by atoms with Crippen LogP contribution in [0, 0.1) is 0 Å². The zero-order chi connectivity index (χ0) is 6.85. The number of rotatable bonds is 0. The molecule has 2 N–H and O–H groups in total. The predicted octanol–water partition coefficient (Wildman–Crippen LogP) is -0.586. The van der Waals surface area contributed by atoms with Crippen molar-refractivity contribution in [2.75, 3.05) is 13.1 Å². The number of carbonyl (C=O) groups excluding carboxylic acids is 2. The number of nitrogens with zero attached hydrogens (tertiary/aromatic N) is 1. The van der Waals surface area contributed by atoms with Crippen molar-refractivity contribution in [3.8, 4) is 0 Å². The molecule has 1 aliphatic rings. The fourth-order valence-corrected chi connectivity index (χ4v) is 0.665. The third-order valence-corrected chi connectivity index (χ3v) is 1.10. The van der Waals surface area contributed by atoms with Gasteiger partial charge in [-0.15, -0.1) is 0 Å². The second kappa shape index (κ2) is 1.93. The SMILES string of the molecule is [NH]C(=O)N1CCNC1=O. The average Bonchev–Trinajstić information content (AvgIpc) is 2.13. The van der Waals surface area contributed by atoms with Crippen molar-refractivity contribution in [2.24, 2.45) is 0 Å². The molecule has 0 aromatic rings. The Balaban J connectivity index is 2.60. The van der Waals surface area contributed by atoms with E-state index in [4.69, 9.17) is 5.73 Å². The summed E-state index contributed by atoms with van der Waals surface area (Å²) in [6.07, 6.45) is 0. The van der Waals surface area contributed by atoms with E-state index in [9.17, 15) is 9.59 Å². The lowest BCUT2D eigenvalue weighted by Gasteiger charge is -2.04. The van der Waals surface area contributed by atoms with Gasteiger partial charge < -0.3 is 5.32 Å². The smallest absolute Gasteiger partial charge is 0.336 e. The number of amides is 4. The third-order valence-electron chi connectivity index (χ3n) is 1.10. The highest BCUT2D eigenvalue weighted by atomic mass is 16.2. The molecule has 1 saturated heterocycles. The molecule has 4 amide bonds. The molecular weight excluding hydrogens is 122 g/mol. The van der Waals surface area contributed by atoms with Crippen molar-refractivity contribution in [3.63, 3.8) is 0 Å². The highest BCUT2D eigenvalue weighted by Crippen LogP contribution is 1.94. The number of hydrogen-bond donors (Lipinski definition) is 1. The van der Waals surface area contributed by atoms with Crippen LogP contribution in [-0.4, -0.2) is 30.1 Å². The van der Waals surface area contributed by atoms with Gasteiger partial charge in [-0.1, -0.05) is 0 Å². The maximum atomic E-state index is 10.5. The molecule has 0 saturated carbocycles.